The Labute approximate surface area is 161 Å². The number of aryl methyl sites for hydroxylation is 1. The molecule has 27 heavy (non-hydrogen) atoms. The molecule has 2 rings (SSSR count). The molecule has 148 valence electrons. The van der Waals surface area contributed by atoms with Crippen LogP contribution < -0.4 is 5.32 Å². The van der Waals surface area contributed by atoms with E-state index >= 15 is 0 Å². The first-order valence-electron chi connectivity index (χ1n) is 8.94. The van der Waals surface area contributed by atoms with Crippen LogP contribution in [0.1, 0.15) is 45.9 Å². The minimum atomic E-state index is -4.23. The molecule has 0 radical (unpaired) electrons. The van der Waals surface area contributed by atoms with Gasteiger partial charge in [-0.1, -0.05) is 31.5 Å². The van der Waals surface area contributed by atoms with E-state index in [-0.39, 0.29) is 36.3 Å². The third-order valence-corrected chi connectivity index (χ3v) is 4.50. The van der Waals surface area contributed by atoms with Crippen LogP contribution in [0, 0.1) is 5.92 Å². The summed E-state index contributed by atoms with van der Waals surface area (Å²) in [6.45, 7) is 5.51. The third-order valence-electron chi connectivity index (χ3n) is 4.29. The molecule has 2 heterocycles. The maximum Gasteiger partial charge on any atom is 0.391 e. The smallest absolute Gasteiger partial charge is 0.352 e. The molecule has 0 unspecified atom stereocenters. The van der Waals surface area contributed by atoms with Gasteiger partial charge in [0.05, 0.1) is 5.92 Å². The molecule has 2 aromatic heterocycles. The fourth-order valence-corrected chi connectivity index (χ4v) is 2.63. The number of hydrogen-bond donors (Lipinski definition) is 1. The molecule has 0 amide bonds. The molecule has 2 aromatic rings. The molecule has 0 aliphatic rings. The summed E-state index contributed by atoms with van der Waals surface area (Å²) in [4.78, 5) is 17.1. The maximum atomic E-state index is 13.0. The zero-order valence-electron chi connectivity index (χ0n) is 15.5. The Balaban J connectivity index is 2.32. The zero-order valence-corrected chi connectivity index (χ0v) is 16.3. The van der Waals surface area contributed by atoms with Gasteiger partial charge in [0.2, 0.25) is 5.95 Å². The number of aromatic nitrogens is 4. The monoisotopic (exact) mass is 401 g/mol. The lowest BCUT2D eigenvalue weighted by Gasteiger charge is -2.18. The van der Waals surface area contributed by atoms with Crippen molar-refractivity contribution in [1.82, 2.24) is 19.9 Å². The Morgan fingerprint density at radius 1 is 1.07 bits per heavy atom. The Morgan fingerprint density at radius 2 is 1.81 bits per heavy atom. The summed E-state index contributed by atoms with van der Waals surface area (Å²) in [5.74, 6) is -0.470. The van der Waals surface area contributed by atoms with Gasteiger partial charge in [0.15, 0.2) is 5.82 Å². The summed E-state index contributed by atoms with van der Waals surface area (Å²) in [6, 6.07) is 5.15. The van der Waals surface area contributed by atoms with Gasteiger partial charge in [0.1, 0.15) is 16.7 Å². The van der Waals surface area contributed by atoms with E-state index in [2.05, 4.69) is 25.3 Å². The van der Waals surface area contributed by atoms with E-state index in [0.717, 1.165) is 6.42 Å². The second-order valence-electron chi connectivity index (χ2n) is 6.38. The molecule has 0 aromatic carbocycles. The summed E-state index contributed by atoms with van der Waals surface area (Å²) >= 11 is 5.93. The van der Waals surface area contributed by atoms with Crippen LogP contribution in [0.5, 0.6) is 0 Å². The quantitative estimate of drug-likeness (QED) is 0.606. The second-order valence-corrected chi connectivity index (χ2v) is 6.77. The first-order valence-corrected chi connectivity index (χ1v) is 9.31. The van der Waals surface area contributed by atoms with Gasteiger partial charge in [-0.25, -0.2) is 9.97 Å². The number of anilines is 1. The average Bonchev–Trinajstić information content (AvgIpc) is 2.60. The topological polar surface area (TPSA) is 63.6 Å². The molecular formula is C18H23ClF3N5. The summed E-state index contributed by atoms with van der Waals surface area (Å²) in [5, 5.41) is 3.43. The van der Waals surface area contributed by atoms with Crippen molar-refractivity contribution < 1.29 is 13.2 Å². The van der Waals surface area contributed by atoms with Crippen LogP contribution in [0.15, 0.2) is 18.2 Å². The van der Waals surface area contributed by atoms with Crippen molar-refractivity contribution in [1.29, 1.82) is 0 Å². The first-order chi connectivity index (χ1) is 12.7. The molecule has 0 saturated carbocycles. The highest BCUT2D eigenvalue weighted by Gasteiger charge is 2.37. The van der Waals surface area contributed by atoms with Gasteiger partial charge >= 0.3 is 6.18 Å². The van der Waals surface area contributed by atoms with Crippen molar-refractivity contribution in [2.45, 2.75) is 58.7 Å². The van der Waals surface area contributed by atoms with Gasteiger partial charge in [-0.15, -0.1) is 0 Å². The third kappa shape index (κ3) is 6.30. The predicted octanol–water partition coefficient (Wildman–Crippen LogP) is 5.32. The zero-order chi connectivity index (χ0) is 20.0. The summed E-state index contributed by atoms with van der Waals surface area (Å²) in [6.07, 6.45) is -3.33. The van der Waals surface area contributed by atoms with Gasteiger partial charge in [0.25, 0.3) is 0 Å². The Kier molecular flexibility index (Phi) is 7.35. The van der Waals surface area contributed by atoms with Gasteiger partial charge in [0, 0.05) is 12.5 Å². The highest BCUT2D eigenvalue weighted by molar-refractivity contribution is 6.29. The van der Waals surface area contributed by atoms with Gasteiger partial charge < -0.3 is 5.32 Å². The first kappa shape index (κ1) is 21.3. The molecule has 0 saturated heterocycles. The minimum absolute atomic E-state index is 0.0231. The van der Waals surface area contributed by atoms with Crippen molar-refractivity contribution in [2.24, 2.45) is 5.92 Å². The lowest BCUT2D eigenvalue weighted by atomic mass is 9.99. The average molecular weight is 402 g/mol. The lowest BCUT2D eigenvalue weighted by molar-refractivity contribution is -0.176. The predicted molar refractivity (Wildman–Crippen MR) is 99.6 cm³/mol. The number of pyridine rings is 1. The summed E-state index contributed by atoms with van der Waals surface area (Å²) in [5.41, 5.74) is 0.446. The molecule has 5 nitrogen and oxygen atoms in total. The molecule has 9 heteroatoms. The number of halogens is 4. The van der Waals surface area contributed by atoms with Crippen molar-refractivity contribution in [3.8, 4) is 11.5 Å². The lowest BCUT2D eigenvalue weighted by Crippen LogP contribution is -2.23. The summed E-state index contributed by atoms with van der Waals surface area (Å²) in [7, 11) is 0. The molecule has 0 fully saturated rings. The second kappa shape index (κ2) is 9.30. The van der Waals surface area contributed by atoms with Crippen LogP contribution in [-0.4, -0.2) is 32.2 Å². The maximum absolute atomic E-state index is 13.0. The van der Waals surface area contributed by atoms with Crippen molar-refractivity contribution in [2.75, 3.05) is 5.32 Å². The number of hydrogen-bond acceptors (Lipinski definition) is 5. The highest BCUT2D eigenvalue weighted by Crippen LogP contribution is 2.32. The van der Waals surface area contributed by atoms with E-state index in [1.54, 1.807) is 18.2 Å². The van der Waals surface area contributed by atoms with E-state index in [4.69, 9.17) is 11.6 Å². The molecule has 1 N–H and O–H groups in total. The number of nitrogens with zero attached hydrogens (tertiary/aromatic N) is 4. The van der Waals surface area contributed by atoms with Crippen molar-refractivity contribution in [3.05, 3.63) is 29.2 Å². The van der Waals surface area contributed by atoms with Crippen molar-refractivity contribution in [3.63, 3.8) is 0 Å². The van der Waals surface area contributed by atoms with Crippen LogP contribution in [0.2, 0.25) is 5.15 Å². The van der Waals surface area contributed by atoms with E-state index in [9.17, 15) is 13.2 Å². The normalized spacial score (nSPS) is 14.0. The molecule has 0 aliphatic heterocycles. The largest absolute Gasteiger partial charge is 0.391 e. The van der Waals surface area contributed by atoms with Crippen LogP contribution in [0.4, 0.5) is 19.1 Å². The molecular weight excluding hydrogens is 379 g/mol. The van der Waals surface area contributed by atoms with E-state index in [1.165, 1.54) is 6.92 Å². The van der Waals surface area contributed by atoms with Crippen LogP contribution in [0.25, 0.3) is 11.5 Å². The Morgan fingerprint density at radius 3 is 2.41 bits per heavy atom. The number of rotatable bonds is 8. The Bertz CT molecular complexity index is 754. The fraction of sp³-hybridized carbons (Fsp3) is 0.556. The molecule has 0 spiro atoms. The summed E-state index contributed by atoms with van der Waals surface area (Å²) < 4.78 is 39.1. The van der Waals surface area contributed by atoms with E-state index in [0.29, 0.717) is 17.5 Å². The van der Waals surface area contributed by atoms with Gasteiger partial charge in [-0.3, -0.25) is 0 Å². The standard InChI is InChI=1S/C18H23ClF3N5/c1-4-11(3)23-17-26-15(10-9-12(5-2)18(20,21)22)25-16(27-17)13-7-6-8-14(19)24-13/h6-8,11-12H,4-5,9-10H2,1-3H3,(H,23,25,26,27)/t11-,12-/m1/s1. The van der Waals surface area contributed by atoms with Gasteiger partial charge in [-0.2, -0.15) is 23.1 Å². The fourth-order valence-electron chi connectivity index (χ4n) is 2.47. The van der Waals surface area contributed by atoms with Crippen molar-refractivity contribution >= 4 is 17.5 Å². The number of alkyl halides is 3. The molecule has 2 atom stereocenters. The SMILES string of the molecule is CC[C@H](CCc1nc(N[C@H](C)CC)nc(-c2cccc(Cl)n2)n1)C(F)(F)F. The van der Waals surface area contributed by atoms with Crippen LogP contribution in [0.3, 0.4) is 0 Å². The highest BCUT2D eigenvalue weighted by atomic mass is 35.5. The van der Waals surface area contributed by atoms with Gasteiger partial charge in [-0.05, 0) is 38.3 Å². The van der Waals surface area contributed by atoms with E-state index < -0.39 is 12.1 Å². The minimum Gasteiger partial charge on any atom is -0.352 e. The molecule has 0 bridgehead atoms. The van der Waals surface area contributed by atoms with Crippen LogP contribution in [-0.2, 0) is 6.42 Å². The number of nitrogens with one attached hydrogen (secondary N) is 1. The van der Waals surface area contributed by atoms with Crippen LogP contribution >= 0.6 is 11.6 Å². The molecule has 0 aliphatic carbocycles. The van der Waals surface area contributed by atoms with E-state index in [1.807, 2.05) is 13.8 Å². The Hall–Kier alpha value is -1.96.